The van der Waals surface area contributed by atoms with Gasteiger partial charge >= 0.3 is 0 Å². The molecule has 88 valence electrons. The smallest absolute Gasteiger partial charge is 0.0997 e. The highest BCUT2D eigenvalue weighted by atomic mass is 15.1. The molecule has 0 saturated heterocycles. The summed E-state index contributed by atoms with van der Waals surface area (Å²) in [5.74, 6) is 0. The van der Waals surface area contributed by atoms with Gasteiger partial charge in [0.1, 0.15) is 0 Å². The summed E-state index contributed by atoms with van der Waals surface area (Å²) in [5.41, 5.74) is 11.6. The Labute approximate surface area is 101 Å². The van der Waals surface area contributed by atoms with Gasteiger partial charge in [-0.1, -0.05) is 0 Å². The quantitative estimate of drug-likeness (QED) is 0.761. The first-order valence-corrected chi connectivity index (χ1v) is 6.17. The summed E-state index contributed by atoms with van der Waals surface area (Å²) < 4.78 is 2.21. The molecule has 0 bridgehead atoms. The van der Waals surface area contributed by atoms with Crippen LogP contribution in [0, 0.1) is 6.92 Å². The van der Waals surface area contributed by atoms with E-state index >= 15 is 0 Å². The minimum Gasteiger partial charge on any atom is -0.399 e. The van der Waals surface area contributed by atoms with Crippen LogP contribution in [0.3, 0.4) is 0 Å². The summed E-state index contributed by atoms with van der Waals surface area (Å²) in [6, 6.07) is 6.17. The zero-order valence-electron chi connectivity index (χ0n) is 10.1. The normalized spacial score (nSPS) is 14.6. The second kappa shape index (κ2) is 3.91. The van der Waals surface area contributed by atoms with Crippen molar-refractivity contribution in [2.24, 2.45) is 0 Å². The Kier molecular flexibility index (Phi) is 2.39. The first kappa shape index (κ1) is 10.4. The van der Waals surface area contributed by atoms with E-state index in [4.69, 9.17) is 5.73 Å². The van der Waals surface area contributed by atoms with Crippen LogP contribution in [0.5, 0.6) is 0 Å². The number of nitrogens with zero attached hydrogens (tertiary/aromatic N) is 2. The van der Waals surface area contributed by atoms with E-state index < -0.39 is 0 Å². The standard InChI is InChI=1S/C14H17N3/c1-10-8-11(6-7-12(10)15)17-9-16-13-4-2-3-5-14(13)17/h6-9H,2-5,15H2,1H3. The van der Waals surface area contributed by atoms with Gasteiger partial charge in [-0.05, 0) is 56.4 Å². The maximum atomic E-state index is 5.86. The number of anilines is 1. The Morgan fingerprint density at radius 1 is 1.24 bits per heavy atom. The van der Waals surface area contributed by atoms with Gasteiger partial charge in [-0.3, -0.25) is 0 Å². The van der Waals surface area contributed by atoms with Crippen molar-refractivity contribution >= 4 is 5.69 Å². The summed E-state index contributed by atoms with van der Waals surface area (Å²) in [4.78, 5) is 4.52. The molecule has 0 saturated carbocycles. The van der Waals surface area contributed by atoms with Crippen molar-refractivity contribution in [2.75, 3.05) is 5.73 Å². The molecule has 0 spiro atoms. The highest BCUT2D eigenvalue weighted by molar-refractivity contribution is 5.52. The fourth-order valence-corrected chi connectivity index (χ4v) is 2.50. The number of hydrogen-bond acceptors (Lipinski definition) is 2. The molecule has 3 rings (SSSR count). The number of nitrogens with two attached hydrogens (primary N) is 1. The fourth-order valence-electron chi connectivity index (χ4n) is 2.50. The molecule has 1 aliphatic rings. The molecule has 1 aliphatic carbocycles. The lowest BCUT2D eigenvalue weighted by Crippen LogP contribution is -2.07. The monoisotopic (exact) mass is 227 g/mol. The van der Waals surface area contributed by atoms with E-state index in [1.54, 1.807) is 0 Å². The summed E-state index contributed by atoms with van der Waals surface area (Å²) in [6.07, 6.45) is 6.74. The van der Waals surface area contributed by atoms with Gasteiger partial charge in [-0.2, -0.15) is 0 Å². The summed E-state index contributed by atoms with van der Waals surface area (Å²) >= 11 is 0. The van der Waals surface area contributed by atoms with Crippen LogP contribution in [0.4, 0.5) is 5.69 Å². The molecule has 3 nitrogen and oxygen atoms in total. The highest BCUT2D eigenvalue weighted by Gasteiger charge is 2.15. The number of aryl methyl sites for hydroxylation is 2. The first-order chi connectivity index (χ1) is 8.25. The van der Waals surface area contributed by atoms with E-state index in [-0.39, 0.29) is 0 Å². The Bertz CT molecular complexity index is 555. The molecule has 2 N–H and O–H groups in total. The third-order valence-electron chi connectivity index (χ3n) is 3.56. The summed E-state index contributed by atoms with van der Waals surface area (Å²) in [6.45, 7) is 2.04. The maximum absolute atomic E-state index is 5.86. The predicted octanol–water partition coefficient (Wildman–Crippen LogP) is 2.64. The van der Waals surface area contributed by atoms with Crippen molar-refractivity contribution in [3.63, 3.8) is 0 Å². The van der Waals surface area contributed by atoms with E-state index in [9.17, 15) is 0 Å². The van der Waals surface area contributed by atoms with Gasteiger partial charge < -0.3 is 10.3 Å². The number of aromatic nitrogens is 2. The number of imidazole rings is 1. The van der Waals surface area contributed by atoms with Crippen LogP contribution in [0.25, 0.3) is 5.69 Å². The SMILES string of the molecule is Cc1cc(-n2cnc3c2CCCC3)ccc1N. The van der Waals surface area contributed by atoms with Gasteiger partial charge in [0.2, 0.25) is 0 Å². The maximum Gasteiger partial charge on any atom is 0.0997 e. The molecule has 3 heteroatoms. The van der Waals surface area contributed by atoms with Crippen molar-refractivity contribution in [3.05, 3.63) is 41.5 Å². The lowest BCUT2D eigenvalue weighted by Gasteiger charge is -2.14. The topological polar surface area (TPSA) is 43.8 Å². The molecular weight excluding hydrogens is 210 g/mol. The minimum absolute atomic E-state index is 0.850. The average molecular weight is 227 g/mol. The number of rotatable bonds is 1. The minimum atomic E-state index is 0.850. The van der Waals surface area contributed by atoms with Crippen LogP contribution in [0.2, 0.25) is 0 Å². The van der Waals surface area contributed by atoms with E-state index in [1.165, 1.54) is 29.9 Å². The van der Waals surface area contributed by atoms with Crippen LogP contribution in [-0.2, 0) is 12.8 Å². The van der Waals surface area contributed by atoms with Crippen LogP contribution >= 0.6 is 0 Å². The number of nitrogen functional groups attached to an aromatic ring is 1. The lowest BCUT2D eigenvalue weighted by molar-refractivity contribution is 0.656. The van der Waals surface area contributed by atoms with Crippen LogP contribution in [-0.4, -0.2) is 9.55 Å². The highest BCUT2D eigenvalue weighted by Crippen LogP contribution is 2.24. The number of hydrogen-bond donors (Lipinski definition) is 1. The van der Waals surface area contributed by atoms with Gasteiger partial charge in [-0.25, -0.2) is 4.98 Å². The molecule has 17 heavy (non-hydrogen) atoms. The molecule has 0 radical (unpaired) electrons. The van der Waals surface area contributed by atoms with Crippen LogP contribution in [0.1, 0.15) is 29.8 Å². The fraction of sp³-hybridized carbons (Fsp3) is 0.357. The van der Waals surface area contributed by atoms with Crippen molar-refractivity contribution in [2.45, 2.75) is 32.6 Å². The van der Waals surface area contributed by atoms with Crippen molar-refractivity contribution in [1.82, 2.24) is 9.55 Å². The number of fused-ring (bicyclic) bond motifs is 1. The zero-order chi connectivity index (χ0) is 11.8. The molecule has 0 fully saturated rings. The van der Waals surface area contributed by atoms with Crippen molar-refractivity contribution in [1.29, 1.82) is 0 Å². The zero-order valence-corrected chi connectivity index (χ0v) is 10.1. The van der Waals surface area contributed by atoms with E-state index in [2.05, 4.69) is 21.7 Å². The Morgan fingerprint density at radius 2 is 2.06 bits per heavy atom. The van der Waals surface area contributed by atoms with Gasteiger partial charge in [0.05, 0.1) is 12.0 Å². The molecule has 1 heterocycles. The Balaban J connectivity index is 2.09. The summed E-state index contributed by atoms with van der Waals surface area (Å²) in [7, 11) is 0. The molecule has 1 aromatic heterocycles. The predicted molar refractivity (Wildman–Crippen MR) is 69.4 cm³/mol. The second-order valence-electron chi connectivity index (χ2n) is 4.76. The van der Waals surface area contributed by atoms with Crippen molar-refractivity contribution < 1.29 is 0 Å². The first-order valence-electron chi connectivity index (χ1n) is 6.17. The molecular formula is C14H17N3. The Morgan fingerprint density at radius 3 is 2.88 bits per heavy atom. The third-order valence-corrected chi connectivity index (χ3v) is 3.56. The van der Waals surface area contributed by atoms with E-state index in [0.29, 0.717) is 0 Å². The van der Waals surface area contributed by atoms with Gasteiger partial charge in [0, 0.05) is 17.1 Å². The lowest BCUT2D eigenvalue weighted by atomic mass is 10.0. The molecule has 0 amide bonds. The molecule has 0 unspecified atom stereocenters. The molecule has 2 aromatic rings. The van der Waals surface area contributed by atoms with Crippen LogP contribution < -0.4 is 5.73 Å². The van der Waals surface area contributed by atoms with Crippen LogP contribution in [0.15, 0.2) is 24.5 Å². The number of benzene rings is 1. The van der Waals surface area contributed by atoms with E-state index in [1.807, 2.05) is 19.3 Å². The second-order valence-corrected chi connectivity index (χ2v) is 4.76. The van der Waals surface area contributed by atoms with Gasteiger partial charge in [0.15, 0.2) is 0 Å². The van der Waals surface area contributed by atoms with Gasteiger partial charge in [-0.15, -0.1) is 0 Å². The van der Waals surface area contributed by atoms with E-state index in [0.717, 1.165) is 24.1 Å². The van der Waals surface area contributed by atoms with Crippen molar-refractivity contribution in [3.8, 4) is 5.69 Å². The summed E-state index contributed by atoms with van der Waals surface area (Å²) in [5, 5.41) is 0. The van der Waals surface area contributed by atoms with Gasteiger partial charge in [0.25, 0.3) is 0 Å². The molecule has 1 aromatic carbocycles. The molecule has 0 atom stereocenters. The average Bonchev–Trinajstić information content (AvgIpc) is 2.76. The molecule has 0 aliphatic heterocycles. The largest absolute Gasteiger partial charge is 0.399 e. The Hall–Kier alpha value is -1.77. The third kappa shape index (κ3) is 1.71.